The molecule has 1 aliphatic rings. The number of rotatable bonds is 5. The van der Waals surface area contributed by atoms with E-state index in [1.807, 2.05) is 7.05 Å². The van der Waals surface area contributed by atoms with Gasteiger partial charge in [0.25, 0.3) is 0 Å². The molecule has 0 unspecified atom stereocenters. The molecule has 3 nitrogen and oxygen atoms in total. The van der Waals surface area contributed by atoms with E-state index in [-0.39, 0.29) is 0 Å². The predicted molar refractivity (Wildman–Crippen MR) is 71.2 cm³/mol. The molecule has 1 fully saturated rings. The summed E-state index contributed by atoms with van der Waals surface area (Å²) in [6.07, 6.45) is 14.9. The average Bonchev–Trinajstić information content (AvgIpc) is 2.64. The Balaban J connectivity index is 1.87. The van der Waals surface area contributed by atoms with Crippen LogP contribution >= 0.6 is 0 Å². The van der Waals surface area contributed by atoms with Crippen LogP contribution in [0.25, 0.3) is 0 Å². The van der Waals surface area contributed by atoms with E-state index in [1.165, 1.54) is 50.5 Å². The summed E-state index contributed by atoms with van der Waals surface area (Å²) in [7, 11) is 2.01. The van der Waals surface area contributed by atoms with Crippen molar-refractivity contribution in [1.29, 1.82) is 0 Å². The Hall–Kier alpha value is -0.830. The molecule has 0 aromatic carbocycles. The molecule has 96 valence electrons. The molecule has 0 bridgehead atoms. The molecular weight excluding hydrogens is 210 g/mol. The van der Waals surface area contributed by atoms with E-state index in [9.17, 15) is 0 Å². The van der Waals surface area contributed by atoms with Gasteiger partial charge in [0.15, 0.2) is 0 Å². The molecule has 0 radical (unpaired) electrons. The highest BCUT2D eigenvalue weighted by molar-refractivity contribution is 5.04. The number of hydrogen-bond acceptors (Lipinski definition) is 2. The van der Waals surface area contributed by atoms with Crippen molar-refractivity contribution in [2.24, 2.45) is 0 Å². The Morgan fingerprint density at radius 3 is 2.76 bits per heavy atom. The largest absolute Gasteiger partial charge is 0.320 e. The highest BCUT2D eigenvalue weighted by Crippen LogP contribution is 2.26. The first-order valence-corrected chi connectivity index (χ1v) is 7.08. The molecule has 1 aliphatic carbocycles. The van der Waals surface area contributed by atoms with Crippen LogP contribution in [0.2, 0.25) is 0 Å². The second kappa shape index (κ2) is 6.80. The van der Waals surface area contributed by atoms with Gasteiger partial charge in [-0.3, -0.25) is 4.68 Å². The van der Waals surface area contributed by atoms with Gasteiger partial charge in [0.05, 0.1) is 12.2 Å². The first-order valence-electron chi connectivity index (χ1n) is 7.08. The van der Waals surface area contributed by atoms with Gasteiger partial charge < -0.3 is 5.32 Å². The van der Waals surface area contributed by atoms with E-state index >= 15 is 0 Å². The van der Waals surface area contributed by atoms with Gasteiger partial charge in [-0.1, -0.05) is 25.7 Å². The van der Waals surface area contributed by atoms with Crippen molar-refractivity contribution in [3.8, 4) is 0 Å². The summed E-state index contributed by atoms with van der Waals surface area (Å²) in [5, 5.41) is 7.75. The maximum atomic E-state index is 4.56. The summed E-state index contributed by atoms with van der Waals surface area (Å²) in [5.41, 5.74) is 1.39. The number of nitrogens with one attached hydrogen (secondary N) is 1. The maximum Gasteiger partial charge on any atom is 0.0521 e. The normalized spacial score (nSPS) is 18.2. The molecule has 2 rings (SSSR count). The number of aromatic nitrogens is 2. The van der Waals surface area contributed by atoms with Crippen molar-refractivity contribution in [3.05, 3.63) is 18.0 Å². The summed E-state index contributed by atoms with van der Waals surface area (Å²) in [6.45, 7) is 1.09. The number of aryl methyl sites for hydroxylation is 1. The van der Waals surface area contributed by atoms with Crippen LogP contribution in [0.4, 0.5) is 0 Å². The highest BCUT2D eigenvalue weighted by atomic mass is 15.3. The Morgan fingerprint density at radius 1 is 1.29 bits per heavy atom. The number of nitrogens with zero attached hydrogens (tertiary/aromatic N) is 2. The molecular formula is C14H25N3. The van der Waals surface area contributed by atoms with Gasteiger partial charge in [-0.25, -0.2) is 0 Å². The van der Waals surface area contributed by atoms with Crippen LogP contribution in [-0.2, 0) is 6.42 Å². The first kappa shape index (κ1) is 12.6. The third kappa shape index (κ3) is 3.84. The van der Waals surface area contributed by atoms with E-state index in [0.29, 0.717) is 6.04 Å². The highest BCUT2D eigenvalue weighted by Gasteiger charge is 2.14. The van der Waals surface area contributed by atoms with Gasteiger partial charge in [-0.05, 0) is 44.8 Å². The van der Waals surface area contributed by atoms with Crippen LogP contribution < -0.4 is 5.32 Å². The summed E-state index contributed by atoms with van der Waals surface area (Å²) in [6, 6.07) is 0.663. The fourth-order valence-electron chi connectivity index (χ4n) is 2.70. The van der Waals surface area contributed by atoms with E-state index in [0.717, 1.165) is 13.0 Å². The molecule has 1 heterocycles. The zero-order chi connectivity index (χ0) is 11.9. The van der Waals surface area contributed by atoms with Gasteiger partial charge in [0, 0.05) is 6.20 Å². The third-order valence-corrected chi connectivity index (χ3v) is 3.75. The van der Waals surface area contributed by atoms with E-state index < -0.39 is 0 Å². The molecule has 1 aromatic heterocycles. The van der Waals surface area contributed by atoms with E-state index in [2.05, 4.69) is 27.5 Å². The van der Waals surface area contributed by atoms with Crippen LogP contribution in [0.5, 0.6) is 0 Å². The van der Waals surface area contributed by atoms with Crippen molar-refractivity contribution in [2.75, 3.05) is 13.6 Å². The van der Waals surface area contributed by atoms with Crippen LogP contribution in [0.1, 0.15) is 56.6 Å². The zero-order valence-electron chi connectivity index (χ0n) is 11.0. The van der Waals surface area contributed by atoms with Crippen LogP contribution in [0.3, 0.4) is 0 Å². The minimum atomic E-state index is 0.663. The van der Waals surface area contributed by atoms with Gasteiger partial charge in [0.2, 0.25) is 0 Å². The van der Waals surface area contributed by atoms with E-state index in [1.54, 1.807) is 0 Å². The van der Waals surface area contributed by atoms with Crippen molar-refractivity contribution < 1.29 is 0 Å². The Kier molecular flexibility index (Phi) is 5.05. The SMILES string of the molecule is CNCCCc1cnn(C2CCCCCC2)c1. The van der Waals surface area contributed by atoms with Gasteiger partial charge in [-0.2, -0.15) is 5.10 Å². The molecule has 17 heavy (non-hydrogen) atoms. The topological polar surface area (TPSA) is 29.9 Å². The molecule has 0 spiro atoms. The summed E-state index contributed by atoms with van der Waals surface area (Å²) in [5.74, 6) is 0. The monoisotopic (exact) mass is 235 g/mol. The van der Waals surface area contributed by atoms with Gasteiger partial charge in [0.1, 0.15) is 0 Å². The Bertz CT molecular complexity index is 311. The summed E-state index contributed by atoms with van der Waals surface area (Å²) >= 11 is 0. The second-order valence-corrected chi connectivity index (χ2v) is 5.18. The minimum Gasteiger partial charge on any atom is -0.320 e. The fraction of sp³-hybridized carbons (Fsp3) is 0.786. The zero-order valence-corrected chi connectivity index (χ0v) is 11.0. The molecule has 3 heteroatoms. The van der Waals surface area contributed by atoms with Gasteiger partial charge >= 0.3 is 0 Å². The molecule has 1 saturated carbocycles. The van der Waals surface area contributed by atoms with Crippen LogP contribution in [-0.4, -0.2) is 23.4 Å². The minimum absolute atomic E-state index is 0.663. The van der Waals surface area contributed by atoms with Crippen LogP contribution in [0.15, 0.2) is 12.4 Å². The quantitative estimate of drug-likeness (QED) is 0.628. The Morgan fingerprint density at radius 2 is 2.06 bits per heavy atom. The van der Waals surface area contributed by atoms with Crippen molar-refractivity contribution in [3.63, 3.8) is 0 Å². The molecule has 1 N–H and O–H groups in total. The lowest BCUT2D eigenvalue weighted by Gasteiger charge is -2.14. The number of hydrogen-bond donors (Lipinski definition) is 1. The average molecular weight is 235 g/mol. The second-order valence-electron chi connectivity index (χ2n) is 5.18. The lowest BCUT2D eigenvalue weighted by Crippen LogP contribution is -2.09. The first-order chi connectivity index (χ1) is 8.40. The lowest BCUT2D eigenvalue weighted by molar-refractivity contribution is 0.405. The van der Waals surface area contributed by atoms with Crippen molar-refractivity contribution >= 4 is 0 Å². The van der Waals surface area contributed by atoms with E-state index in [4.69, 9.17) is 0 Å². The lowest BCUT2D eigenvalue weighted by atomic mass is 10.1. The third-order valence-electron chi connectivity index (χ3n) is 3.75. The summed E-state index contributed by atoms with van der Waals surface area (Å²) < 4.78 is 2.22. The van der Waals surface area contributed by atoms with Crippen molar-refractivity contribution in [1.82, 2.24) is 15.1 Å². The molecule has 0 saturated heterocycles. The van der Waals surface area contributed by atoms with Gasteiger partial charge in [-0.15, -0.1) is 0 Å². The molecule has 1 aromatic rings. The van der Waals surface area contributed by atoms with Crippen molar-refractivity contribution in [2.45, 2.75) is 57.4 Å². The predicted octanol–water partition coefficient (Wildman–Crippen LogP) is 2.93. The fourth-order valence-corrected chi connectivity index (χ4v) is 2.70. The molecule has 0 atom stereocenters. The standard InChI is InChI=1S/C14H25N3/c1-15-10-6-7-13-11-16-17(12-13)14-8-4-2-3-5-9-14/h11-12,14-15H,2-10H2,1H3. The smallest absolute Gasteiger partial charge is 0.0521 e. The summed E-state index contributed by atoms with van der Waals surface area (Å²) in [4.78, 5) is 0. The Labute approximate surface area is 105 Å². The molecule has 0 amide bonds. The molecule has 0 aliphatic heterocycles. The maximum absolute atomic E-state index is 4.56. The van der Waals surface area contributed by atoms with Crippen LogP contribution in [0, 0.1) is 0 Å².